The molecule has 3 aromatic heterocycles. The number of fused-ring (bicyclic) bond motifs is 6. The first kappa shape index (κ1) is 31.9. The number of rotatable bonds is 6. The van der Waals surface area contributed by atoms with E-state index < -0.39 is 0 Å². The van der Waals surface area contributed by atoms with E-state index in [1.807, 2.05) is 24.3 Å². The van der Waals surface area contributed by atoms with Gasteiger partial charge in [-0.2, -0.15) is 0 Å². The fourth-order valence-corrected chi connectivity index (χ4v) is 7.89. The lowest BCUT2D eigenvalue weighted by molar-refractivity contribution is 0.668. The van der Waals surface area contributed by atoms with Crippen LogP contribution in [0.4, 0.5) is 0 Å². The molecule has 0 radical (unpaired) electrons. The van der Waals surface area contributed by atoms with Gasteiger partial charge in [0.1, 0.15) is 11.2 Å². The van der Waals surface area contributed by atoms with Gasteiger partial charge >= 0.3 is 0 Å². The fourth-order valence-electron chi connectivity index (χ4n) is 7.89. The zero-order chi connectivity index (χ0) is 37.0. The van der Waals surface area contributed by atoms with E-state index in [9.17, 15) is 0 Å². The molecule has 0 saturated carbocycles. The van der Waals surface area contributed by atoms with Crippen LogP contribution >= 0.6 is 0 Å². The van der Waals surface area contributed by atoms with E-state index in [1.54, 1.807) is 0 Å². The van der Waals surface area contributed by atoms with E-state index >= 15 is 0 Å². The van der Waals surface area contributed by atoms with Crippen molar-refractivity contribution in [3.8, 4) is 62.1 Å². The molecule has 11 aromatic rings. The molecule has 0 bridgehead atoms. The lowest BCUT2D eigenvalue weighted by atomic mass is 10.0. The molecule has 5 nitrogen and oxygen atoms in total. The number of hydrogen-bond donors (Lipinski definition) is 0. The molecule has 0 amide bonds. The van der Waals surface area contributed by atoms with Gasteiger partial charge in [0.15, 0.2) is 17.5 Å². The number of hydrogen-bond acceptors (Lipinski definition) is 4. The van der Waals surface area contributed by atoms with Crippen LogP contribution in [-0.2, 0) is 0 Å². The molecule has 0 saturated heterocycles. The van der Waals surface area contributed by atoms with Gasteiger partial charge in [0.05, 0.1) is 11.0 Å². The third-order valence-corrected chi connectivity index (χ3v) is 10.7. The van der Waals surface area contributed by atoms with Crippen LogP contribution in [0.5, 0.6) is 0 Å². The van der Waals surface area contributed by atoms with Crippen LogP contribution in [0.25, 0.3) is 106 Å². The van der Waals surface area contributed by atoms with Crippen molar-refractivity contribution >= 4 is 43.7 Å². The van der Waals surface area contributed by atoms with E-state index in [4.69, 9.17) is 19.4 Å². The van der Waals surface area contributed by atoms with Gasteiger partial charge in [-0.25, -0.2) is 15.0 Å². The molecule has 0 atom stereocenters. The van der Waals surface area contributed by atoms with Crippen LogP contribution < -0.4 is 0 Å². The lowest BCUT2D eigenvalue weighted by Gasteiger charge is -2.11. The minimum absolute atomic E-state index is 0.607. The van der Waals surface area contributed by atoms with Crippen molar-refractivity contribution in [1.82, 2.24) is 19.5 Å². The number of furan rings is 1. The molecule has 0 spiro atoms. The Hall–Kier alpha value is -7.63. The van der Waals surface area contributed by atoms with Gasteiger partial charge in [0.25, 0.3) is 0 Å². The Bertz CT molecular complexity index is 3120. The molecule has 0 aliphatic heterocycles. The van der Waals surface area contributed by atoms with Crippen molar-refractivity contribution in [2.24, 2.45) is 0 Å². The SMILES string of the molecule is c1ccc(-c2ccc(-c3nc(-c4ccc(-c5ccccc5)cc4)nc(-c4ccc5c6ccccc6n(-c6ccc7c(c6)oc6ccccc67)c5c4)n3)cc2)cc1. The fraction of sp³-hybridized carbons (Fsp3) is 0. The largest absolute Gasteiger partial charge is 0.456 e. The minimum Gasteiger partial charge on any atom is -0.456 e. The molecule has 0 aliphatic rings. The Morgan fingerprint density at radius 1 is 0.304 bits per heavy atom. The summed E-state index contributed by atoms with van der Waals surface area (Å²) in [7, 11) is 0. The monoisotopic (exact) mass is 716 g/mol. The minimum atomic E-state index is 0.607. The molecule has 11 rings (SSSR count). The van der Waals surface area contributed by atoms with Crippen LogP contribution in [0.3, 0.4) is 0 Å². The van der Waals surface area contributed by atoms with Crippen LogP contribution in [0, 0.1) is 0 Å². The summed E-state index contributed by atoms with van der Waals surface area (Å²) in [5.74, 6) is 1.84. The maximum Gasteiger partial charge on any atom is 0.164 e. The van der Waals surface area contributed by atoms with E-state index in [0.29, 0.717) is 17.5 Å². The van der Waals surface area contributed by atoms with E-state index in [2.05, 4.69) is 174 Å². The van der Waals surface area contributed by atoms with Gasteiger partial charge in [-0.3, -0.25) is 0 Å². The third kappa shape index (κ3) is 5.45. The molecule has 5 heteroatoms. The van der Waals surface area contributed by atoms with Gasteiger partial charge in [0, 0.05) is 50.0 Å². The highest BCUT2D eigenvalue weighted by Crippen LogP contribution is 2.37. The Morgan fingerprint density at radius 3 is 1.39 bits per heavy atom. The summed E-state index contributed by atoms with van der Waals surface area (Å²) in [4.78, 5) is 15.4. The zero-order valence-electron chi connectivity index (χ0n) is 30.2. The molecule has 0 N–H and O–H groups in total. The highest BCUT2D eigenvalue weighted by molar-refractivity contribution is 6.11. The molecule has 8 aromatic carbocycles. The van der Waals surface area contributed by atoms with Crippen LogP contribution in [-0.4, -0.2) is 19.5 Å². The first-order valence-electron chi connectivity index (χ1n) is 18.8. The number of para-hydroxylation sites is 2. The van der Waals surface area contributed by atoms with Gasteiger partial charge in [0.2, 0.25) is 0 Å². The van der Waals surface area contributed by atoms with Crippen molar-refractivity contribution in [3.05, 3.63) is 194 Å². The van der Waals surface area contributed by atoms with Gasteiger partial charge < -0.3 is 8.98 Å². The molecule has 0 unspecified atom stereocenters. The average molecular weight is 717 g/mol. The van der Waals surface area contributed by atoms with Crippen molar-refractivity contribution in [1.29, 1.82) is 0 Å². The quantitative estimate of drug-likeness (QED) is 0.172. The zero-order valence-corrected chi connectivity index (χ0v) is 30.2. The lowest BCUT2D eigenvalue weighted by Crippen LogP contribution is -2.00. The molecule has 0 fully saturated rings. The second kappa shape index (κ2) is 13.0. The van der Waals surface area contributed by atoms with Crippen molar-refractivity contribution in [2.45, 2.75) is 0 Å². The summed E-state index contributed by atoms with van der Waals surface area (Å²) in [6.45, 7) is 0. The standard InChI is InChI=1S/C51H32N4O/c1-3-11-33(12-4-1)35-19-23-37(24-20-35)49-52-50(38-25-21-36(22-26-38)34-13-5-2-6-14-34)54-51(53-49)39-27-29-42-41-15-7-9-17-45(41)55(46(42)31-39)40-28-30-44-43-16-8-10-18-47(43)56-48(44)32-40/h1-32H. The molecule has 262 valence electrons. The second-order valence-electron chi connectivity index (χ2n) is 14.1. The van der Waals surface area contributed by atoms with Gasteiger partial charge in [-0.05, 0) is 52.6 Å². The second-order valence-corrected chi connectivity index (χ2v) is 14.1. The summed E-state index contributed by atoms with van der Waals surface area (Å²) in [5, 5.41) is 4.54. The molecule has 56 heavy (non-hydrogen) atoms. The number of benzene rings is 8. The highest BCUT2D eigenvalue weighted by Gasteiger charge is 2.18. The highest BCUT2D eigenvalue weighted by atomic mass is 16.3. The summed E-state index contributed by atoms with van der Waals surface area (Å²) in [6, 6.07) is 67.5. The van der Waals surface area contributed by atoms with E-state index in [1.165, 1.54) is 5.39 Å². The maximum atomic E-state index is 6.34. The Balaban J connectivity index is 1.07. The summed E-state index contributed by atoms with van der Waals surface area (Å²) >= 11 is 0. The average Bonchev–Trinajstić information content (AvgIpc) is 3.82. The molecule has 0 aliphatic carbocycles. The molecule has 3 heterocycles. The van der Waals surface area contributed by atoms with Crippen LogP contribution in [0.15, 0.2) is 199 Å². The maximum absolute atomic E-state index is 6.34. The topological polar surface area (TPSA) is 56.7 Å². The van der Waals surface area contributed by atoms with E-state index in [-0.39, 0.29) is 0 Å². The van der Waals surface area contributed by atoms with Crippen LogP contribution in [0.1, 0.15) is 0 Å². The predicted molar refractivity (Wildman–Crippen MR) is 229 cm³/mol. The number of aromatic nitrogens is 4. The Morgan fingerprint density at radius 2 is 0.750 bits per heavy atom. The third-order valence-electron chi connectivity index (χ3n) is 10.7. The summed E-state index contributed by atoms with van der Waals surface area (Å²) in [5.41, 5.74) is 12.3. The van der Waals surface area contributed by atoms with E-state index in [0.717, 1.165) is 83.0 Å². The molecular weight excluding hydrogens is 685 g/mol. The number of nitrogens with zero attached hydrogens (tertiary/aromatic N) is 4. The van der Waals surface area contributed by atoms with Gasteiger partial charge in [-0.1, -0.05) is 158 Å². The van der Waals surface area contributed by atoms with Crippen molar-refractivity contribution < 1.29 is 4.42 Å². The smallest absolute Gasteiger partial charge is 0.164 e. The van der Waals surface area contributed by atoms with Crippen molar-refractivity contribution in [2.75, 3.05) is 0 Å². The Kier molecular flexibility index (Phi) is 7.42. The summed E-state index contributed by atoms with van der Waals surface area (Å²) < 4.78 is 8.66. The van der Waals surface area contributed by atoms with Crippen LogP contribution in [0.2, 0.25) is 0 Å². The summed E-state index contributed by atoms with van der Waals surface area (Å²) in [6.07, 6.45) is 0. The normalized spacial score (nSPS) is 11.6. The first-order chi connectivity index (χ1) is 27.7. The molecular formula is C51H32N4O. The first-order valence-corrected chi connectivity index (χ1v) is 18.8. The Labute approximate surface area is 322 Å². The predicted octanol–water partition coefficient (Wildman–Crippen LogP) is 13.2. The van der Waals surface area contributed by atoms with Gasteiger partial charge in [-0.15, -0.1) is 0 Å². The van der Waals surface area contributed by atoms with Crippen molar-refractivity contribution in [3.63, 3.8) is 0 Å².